The Morgan fingerprint density at radius 3 is 2.31 bits per heavy atom. The fourth-order valence-electron chi connectivity index (χ4n) is 3.01. The molecule has 174 valence electrons. The van der Waals surface area contributed by atoms with E-state index in [1.807, 2.05) is 6.92 Å². The SMILES string of the molecule is CCCNC(=O)[C@@H](C)N(Cc1ccc(Cl)cc1)C(=O)CN(c1ccccc1Br)S(C)(=O)=O. The van der Waals surface area contributed by atoms with Crippen molar-refractivity contribution < 1.29 is 18.0 Å². The maximum atomic E-state index is 13.4. The molecule has 2 rings (SSSR count). The number of carbonyl (C=O) groups is 2. The van der Waals surface area contributed by atoms with E-state index in [2.05, 4.69) is 21.2 Å². The van der Waals surface area contributed by atoms with Crippen molar-refractivity contribution in [1.82, 2.24) is 10.2 Å². The van der Waals surface area contributed by atoms with Crippen LogP contribution in [0.4, 0.5) is 5.69 Å². The molecule has 0 saturated heterocycles. The number of anilines is 1. The lowest BCUT2D eigenvalue weighted by molar-refractivity contribution is -0.139. The minimum absolute atomic E-state index is 0.129. The molecule has 1 N–H and O–H groups in total. The van der Waals surface area contributed by atoms with Crippen LogP contribution >= 0.6 is 27.5 Å². The van der Waals surface area contributed by atoms with Gasteiger partial charge in [0.1, 0.15) is 12.6 Å². The molecule has 10 heteroatoms. The first-order chi connectivity index (χ1) is 15.0. The fourth-order valence-corrected chi connectivity index (χ4v) is 4.62. The lowest BCUT2D eigenvalue weighted by Crippen LogP contribution is -2.51. The summed E-state index contributed by atoms with van der Waals surface area (Å²) >= 11 is 9.31. The quantitative estimate of drug-likeness (QED) is 0.493. The predicted octanol–water partition coefficient (Wildman–Crippen LogP) is 3.81. The van der Waals surface area contributed by atoms with Crippen molar-refractivity contribution >= 4 is 55.1 Å². The summed E-state index contributed by atoms with van der Waals surface area (Å²) in [6.45, 7) is 3.73. The highest BCUT2D eigenvalue weighted by molar-refractivity contribution is 9.10. The van der Waals surface area contributed by atoms with Gasteiger partial charge in [0.15, 0.2) is 0 Å². The van der Waals surface area contributed by atoms with Gasteiger partial charge in [0.25, 0.3) is 0 Å². The highest BCUT2D eigenvalue weighted by atomic mass is 79.9. The zero-order chi connectivity index (χ0) is 23.9. The topological polar surface area (TPSA) is 86.8 Å². The minimum Gasteiger partial charge on any atom is -0.354 e. The first-order valence-corrected chi connectivity index (χ1v) is 13.1. The zero-order valence-corrected chi connectivity index (χ0v) is 21.4. The lowest BCUT2D eigenvalue weighted by Gasteiger charge is -2.31. The number of rotatable bonds is 10. The fraction of sp³-hybridized carbons (Fsp3) is 0.364. The van der Waals surface area contributed by atoms with E-state index in [0.29, 0.717) is 21.7 Å². The lowest BCUT2D eigenvalue weighted by atomic mass is 10.1. The molecule has 2 amide bonds. The van der Waals surface area contributed by atoms with Gasteiger partial charge in [-0.3, -0.25) is 13.9 Å². The van der Waals surface area contributed by atoms with Crippen LogP contribution in [-0.4, -0.2) is 50.5 Å². The predicted molar refractivity (Wildman–Crippen MR) is 131 cm³/mol. The van der Waals surface area contributed by atoms with Gasteiger partial charge in [-0.1, -0.05) is 42.8 Å². The van der Waals surface area contributed by atoms with Gasteiger partial charge < -0.3 is 10.2 Å². The number of sulfonamides is 1. The van der Waals surface area contributed by atoms with Crippen LogP contribution in [0.2, 0.25) is 5.02 Å². The van der Waals surface area contributed by atoms with Crippen LogP contribution in [0.25, 0.3) is 0 Å². The number of benzene rings is 2. The third kappa shape index (κ3) is 7.21. The van der Waals surface area contributed by atoms with Crippen LogP contribution in [-0.2, 0) is 26.2 Å². The van der Waals surface area contributed by atoms with Crippen LogP contribution in [0.15, 0.2) is 53.0 Å². The summed E-state index contributed by atoms with van der Waals surface area (Å²) in [5.74, 6) is -0.804. The van der Waals surface area contributed by atoms with E-state index in [0.717, 1.165) is 22.5 Å². The van der Waals surface area contributed by atoms with E-state index in [9.17, 15) is 18.0 Å². The van der Waals surface area contributed by atoms with Gasteiger partial charge in [-0.15, -0.1) is 0 Å². The van der Waals surface area contributed by atoms with Crippen LogP contribution in [0.1, 0.15) is 25.8 Å². The summed E-state index contributed by atoms with van der Waals surface area (Å²) in [5.41, 5.74) is 1.11. The van der Waals surface area contributed by atoms with Crippen molar-refractivity contribution in [2.45, 2.75) is 32.9 Å². The molecule has 1 atom stereocenters. The maximum absolute atomic E-state index is 13.4. The average molecular weight is 545 g/mol. The van der Waals surface area contributed by atoms with Gasteiger partial charge in [-0.2, -0.15) is 0 Å². The molecule has 2 aromatic carbocycles. The number of hydrogen-bond donors (Lipinski definition) is 1. The summed E-state index contributed by atoms with van der Waals surface area (Å²) in [7, 11) is -3.77. The first-order valence-electron chi connectivity index (χ1n) is 10.1. The molecule has 0 unspecified atom stereocenters. The van der Waals surface area contributed by atoms with E-state index in [-0.39, 0.29) is 12.5 Å². The summed E-state index contributed by atoms with van der Waals surface area (Å²) in [6.07, 6.45) is 1.80. The standard InChI is InChI=1S/C22H27BrClN3O4S/c1-4-13-25-22(29)16(2)26(14-17-9-11-18(24)12-10-17)21(28)15-27(32(3,30)31)20-8-6-5-7-19(20)23/h5-12,16H,4,13-15H2,1-3H3,(H,25,29)/t16-/m1/s1. The number of nitrogens with zero attached hydrogens (tertiary/aromatic N) is 2. The first kappa shape index (κ1) is 26.2. The highest BCUT2D eigenvalue weighted by Gasteiger charge is 2.30. The molecule has 32 heavy (non-hydrogen) atoms. The molecule has 0 heterocycles. The van der Waals surface area contributed by atoms with Gasteiger partial charge in [0.05, 0.1) is 11.9 Å². The molecule has 0 bridgehead atoms. The minimum atomic E-state index is -3.77. The molecule has 0 aliphatic carbocycles. The molecular weight excluding hydrogens is 518 g/mol. The number of nitrogens with one attached hydrogen (secondary N) is 1. The van der Waals surface area contributed by atoms with Crippen LogP contribution in [0.3, 0.4) is 0 Å². The second-order valence-corrected chi connectivity index (χ2v) is 10.5. The Kier molecular flexibility index (Phi) is 9.54. The molecule has 0 aliphatic rings. The van der Waals surface area contributed by atoms with Crippen molar-refractivity contribution in [2.24, 2.45) is 0 Å². The number of para-hydroxylation sites is 1. The van der Waals surface area contributed by atoms with Crippen LogP contribution in [0, 0.1) is 0 Å². The van der Waals surface area contributed by atoms with Gasteiger partial charge in [0, 0.05) is 22.6 Å². The normalized spacial score (nSPS) is 12.2. The molecule has 0 spiro atoms. The van der Waals surface area contributed by atoms with Gasteiger partial charge in [-0.05, 0) is 59.1 Å². The Hall–Kier alpha value is -2.10. The Balaban J connectivity index is 2.37. The van der Waals surface area contributed by atoms with E-state index < -0.39 is 28.5 Å². The Labute approximate surface area is 202 Å². The summed E-state index contributed by atoms with van der Waals surface area (Å²) in [6, 6.07) is 12.9. The van der Waals surface area contributed by atoms with E-state index >= 15 is 0 Å². The summed E-state index contributed by atoms with van der Waals surface area (Å²) < 4.78 is 26.6. The van der Waals surface area contributed by atoms with Crippen molar-refractivity contribution in [3.63, 3.8) is 0 Å². The van der Waals surface area contributed by atoms with Crippen molar-refractivity contribution in [1.29, 1.82) is 0 Å². The largest absolute Gasteiger partial charge is 0.354 e. The third-order valence-electron chi connectivity index (χ3n) is 4.78. The molecule has 7 nitrogen and oxygen atoms in total. The summed E-state index contributed by atoms with van der Waals surface area (Å²) in [4.78, 5) is 27.4. The monoisotopic (exact) mass is 543 g/mol. The average Bonchev–Trinajstić information content (AvgIpc) is 2.74. The number of amides is 2. The smallest absolute Gasteiger partial charge is 0.244 e. The Bertz CT molecular complexity index is 1050. The van der Waals surface area contributed by atoms with Crippen molar-refractivity contribution in [3.05, 3.63) is 63.6 Å². The molecule has 0 aromatic heterocycles. The molecular formula is C22H27BrClN3O4S. The molecule has 0 fully saturated rings. The van der Waals surface area contributed by atoms with E-state index in [1.165, 1.54) is 4.90 Å². The molecule has 0 radical (unpaired) electrons. The van der Waals surface area contributed by atoms with Gasteiger partial charge >= 0.3 is 0 Å². The zero-order valence-electron chi connectivity index (χ0n) is 18.2. The number of halogens is 2. The molecule has 2 aromatic rings. The van der Waals surface area contributed by atoms with Crippen LogP contribution in [0.5, 0.6) is 0 Å². The molecule has 0 aliphatic heterocycles. The van der Waals surface area contributed by atoms with Gasteiger partial charge in [-0.25, -0.2) is 8.42 Å². The van der Waals surface area contributed by atoms with Gasteiger partial charge in [0.2, 0.25) is 21.8 Å². The van der Waals surface area contributed by atoms with Crippen LogP contribution < -0.4 is 9.62 Å². The summed E-state index contributed by atoms with van der Waals surface area (Å²) in [5, 5.41) is 3.35. The number of hydrogen-bond acceptors (Lipinski definition) is 4. The Morgan fingerprint density at radius 1 is 1.12 bits per heavy atom. The maximum Gasteiger partial charge on any atom is 0.244 e. The second kappa shape index (κ2) is 11.7. The second-order valence-electron chi connectivity index (χ2n) is 7.34. The van der Waals surface area contributed by atoms with E-state index in [4.69, 9.17) is 11.6 Å². The molecule has 0 saturated carbocycles. The highest BCUT2D eigenvalue weighted by Crippen LogP contribution is 2.28. The van der Waals surface area contributed by atoms with E-state index in [1.54, 1.807) is 55.5 Å². The Morgan fingerprint density at radius 2 is 1.75 bits per heavy atom. The van der Waals surface area contributed by atoms with Crippen molar-refractivity contribution in [2.75, 3.05) is 23.7 Å². The van der Waals surface area contributed by atoms with Crippen molar-refractivity contribution in [3.8, 4) is 0 Å². The third-order valence-corrected chi connectivity index (χ3v) is 6.83. The number of carbonyl (C=O) groups excluding carboxylic acids is 2.